The molecule has 1 amide bonds. The minimum Gasteiger partial charge on any atom is -0.489 e. The van der Waals surface area contributed by atoms with Crippen molar-refractivity contribution in [2.75, 3.05) is 5.01 Å². The summed E-state index contributed by atoms with van der Waals surface area (Å²) in [5.41, 5.74) is 5.28. The number of ether oxygens (including phenoxy) is 1. The van der Waals surface area contributed by atoms with Crippen LogP contribution in [0.25, 0.3) is 6.08 Å². The molecule has 0 spiro atoms. The molecule has 3 aromatic rings. The minimum absolute atomic E-state index is 0.115. The molecule has 3 aromatic carbocycles. The van der Waals surface area contributed by atoms with Crippen LogP contribution in [0.5, 0.6) is 5.75 Å². The first-order valence-corrected chi connectivity index (χ1v) is 9.55. The molecule has 0 aliphatic carbocycles. The first-order chi connectivity index (χ1) is 14.1. The largest absolute Gasteiger partial charge is 0.489 e. The number of amides is 1. The monoisotopic (exact) mass is 382 g/mol. The van der Waals surface area contributed by atoms with Crippen LogP contribution in [0.4, 0.5) is 5.69 Å². The lowest BCUT2D eigenvalue weighted by molar-refractivity contribution is -0.114. The number of hydrogen-bond acceptors (Lipinski definition) is 3. The highest BCUT2D eigenvalue weighted by molar-refractivity contribution is 6.32. The van der Waals surface area contributed by atoms with Crippen LogP contribution >= 0.6 is 0 Å². The Bertz CT molecular complexity index is 1070. The molecule has 0 atom stereocenters. The highest BCUT2D eigenvalue weighted by Crippen LogP contribution is 2.25. The van der Waals surface area contributed by atoms with Gasteiger partial charge in [-0.25, -0.2) is 0 Å². The van der Waals surface area contributed by atoms with Crippen molar-refractivity contribution in [3.05, 3.63) is 101 Å². The number of benzene rings is 3. The molecule has 1 heterocycles. The van der Waals surface area contributed by atoms with Crippen molar-refractivity contribution in [2.45, 2.75) is 20.5 Å². The maximum atomic E-state index is 12.9. The van der Waals surface area contributed by atoms with Gasteiger partial charge in [0.25, 0.3) is 5.91 Å². The van der Waals surface area contributed by atoms with Gasteiger partial charge in [0, 0.05) is 0 Å². The van der Waals surface area contributed by atoms with Gasteiger partial charge in [-0.2, -0.15) is 10.1 Å². The van der Waals surface area contributed by atoms with Crippen LogP contribution in [0.2, 0.25) is 0 Å². The smallest absolute Gasteiger partial charge is 0.280 e. The lowest BCUT2D eigenvalue weighted by atomic mass is 10.1. The molecule has 144 valence electrons. The van der Waals surface area contributed by atoms with Gasteiger partial charge in [-0.15, -0.1) is 0 Å². The van der Waals surface area contributed by atoms with Crippen molar-refractivity contribution < 1.29 is 9.53 Å². The molecule has 0 saturated carbocycles. The predicted octanol–water partition coefficient (Wildman–Crippen LogP) is 5.38. The van der Waals surface area contributed by atoms with E-state index in [1.807, 2.05) is 98.8 Å². The number of rotatable bonds is 5. The molecule has 4 nitrogen and oxygen atoms in total. The SMILES string of the molecule is CC1=NN(c2ccc(C)cc2)C(=O)/C1=C\c1ccc(OCc2ccccc2)cc1. The Kier molecular flexibility index (Phi) is 5.25. The molecule has 0 radical (unpaired) electrons. The Morgan fingerprint density at radius 1 is 0.897 bits per heavy atom. The van der Waals surface area contributed by atoms with E-state index in [-0.39, 0.29) is 5.91 Å². The van der Waals surface area contributed by atoms with Crippen molar-refractivity contribution >= 4 is 23.4 Å². The van der Waals surface area contributed by atoms with Crippen LogP contribution in [-0.2, 0) is 11.4 Å². The fourth-order valence-electron chi connectivity index (χ4n) is 3.11. The Hall–Kier alpha value is -3.66. The maximum absolute atomic E-state index is 12.9. The average Bonchev–Trinajstić information content (AvgIpc) is 3.03. The summed E-state index contributed by atoms with van der Waals surface area (Å²) in [5, 5.41) is 5.89. The van der Waals surface area contributed by atoms with Crippen molar-refractivity contribution in [1.82, 2.24) is 0 Å². The van der Waals surface area contributed by atoms with Crippen LogP contribution in [-0.4, -0.2) is 11.6 Å². The third-order valence-electron chi connectivity index (χ3n) is 4.78. The summed E-state index contributed by atoms with van der Waals surface area (Å²) < 4.78 is 5.82. The summed E-state index contributed by atoms with van der Waals surface area (Å²) >= 11 is 0. The lowest BCUT2D eigenvalue weighted by Crippen LogP contribution is -2.21. The van der Waals surface area contributed by atoms with E-state index < -0.39 is 0 Å². The molecule has 0 bridgehead atoms. The van der Waals surface area contributed by atoms with Gasteiger partial charge < -0.3 is 4.74 Å². The third kappa shape index (κ3) is 4.27. The van der Waals surface area contributed by atoms with Gasteiger partial charge in [0.15, 0.2) is 0 Å². The van der Waals surface area contributed by atoms with E-state index in [0.29, 0.717) is 17.9 Å². The van der Waals surface area contributed by atoms with Crippen molar-refractivity contribution in [1.29, 1.82) is 0 Å². The van der Waals surface area contributed by atoms with E-state index in [4.69, 9.17) is 4.74 Å². The van der Waals surface area contributed by atoms with Gasteiger partial charge in [0.05, 0.1) is 17.0 Å². The molecule has 0 unspecified atom stereocenters. The Morgan fingerprint density at radius 2 is 1.59 bits per heavy atom. The second-order valence-corrected chi connectivity index (χ2v) is 7.04. The Balaban J connectivity index is 1.47. The quantitative estimate of drug-likeness (QED) is 0.556. The van der Waals surface area contributed by atoms with Gasteiger partial charge in [0.1, 0.15) is 12.4 Å². The van der Waals surface area contributed by atoms with Gasteiger partial charge in [0.2, 0.25) is 0 Å². The van der Waals surface area contributed by atoms with Crippen LogP contribution in [0, 0.1) is 6.92 Å². The summed E-state index contributed by atoms with van der Waals surface area (Å²) in [5.74, 6) is 0.677. The zero-order valence-corrected chi connectivity index (χ0v) is 16.5. The van der Waals surface area contributed by atoms with Gasteiger partial charge in [-0.05, 0) is 55.3 Å². The first kappa shape index (κ1) is 18.7. The van der Waals surface area contributed by atoms with E-state index in [1.54, 1.807) is 0 Å². The maximum Gasteiger partial charge on any atom is 0.280 e. The molecule has 4 heteroatoms. The molecule has 1 aliphatic rings. The van der Waals surface area contributed by atoms with Crippen LogP contribution in [0.3, 0.4) is 0 Å². The molecule has 0 saturated heterocycles. The molecule has 0 aromatic heterocycles. The molecule has 0 N–H and O–H groups in total. The normalized spacial score (nSPS) is 15.0. The number of carbonyl (C=O) groups is 1. The van der Waals surface area contributed by atoms with E-state index >= 15 is 0 Å². The molecule has 0 fully saturated rings. The number of nitrogens with zero attached hydrogens (tertiary/aromatic N) is 2. The fourth-order valence-corrected chi connectivity index (χ4v) is 3.11. The number of aryl methyl sites for hydroxylation is 1. The Morgan fingerprint density at radius 3 is 2.28 bits per heavy atom. The lowest BCUT2D eigenvalue weighted by Gasteiger charge is -2.11. The Labute approximate surface area is 170 Å². The number of carbonyl (C=O) groups excluding carboxylic acids is 1. The average molecular weight is 382 g/mol. The van der Waals surface area contributed by atoms with Gasteiger partial charge in [-0.1, -0.05) is 60.2 Å². The molecular formula is C25H22N2O2. The van der Waals surface area contributed by atoms with E-state index in [0.717, 1.165) is 28.1 Å². The number of anilines is 1. The highest BCUT2D eigenvalue weighted by Gasteiger charge is 2.28. The number of hydrazone groups is 1. The zero-order chi connectivity index (χ0) is 20.2. The van der Waals surface area contributed by atoms with E-state index in [2.05, 4.69) is 5.10 Å². The zero-order valence-electron chi connectivity index (χ0n) is 16.5. The summed E-state index contributed by atoms with van der Waals surface area (Å²) in [6.07, 6.45) is 1.87. The molecule has 29 heavy (non-hydrogen) atoms. The highest BCUT2D eigenvalue weighted by atomic mass is 16.5. The summed E-state index contributed by atoms with van der Waals surface area (Å²) in [6, 6.07) is 25.5. The van der Waals surface area contributed by atoms with Crippen LogP contribution in [0.1, 0.15) is 23.6 Å². The predicted molar refractivity (Wildman–Crippen MR) is 117 cm³/mol. The third-order valence-corrected chi connectivity index (χ3v) is 4.78. The van der Waals surface area contributed by atoms with Crippen molar-refractivity contribution in [3.63, 3.8) is 0 Å². The summed E-state index contributed by atoms with van der Waals surface area (Å²) in [6.45, 7) is 4.40. The first-order valence-electron chi connectivity index (χ1n) is 9.55. The molecule has 4 rings (SSSR count). The summed E-state index contributed by atoms with van der Waals surface area (Å²) in [7, 11) is 0. The van der Waals surface area contributed by atoms with Gasteiger partial charge in [-0.3, -0.25) is 4.79 Å². The molecular weight excluding hydrogens is 360 g/mol. The van der Waals surface area contributed by atoms with E-state index in [9.17, 15) is 4.79 Å². The van der Waals surface area contributed by atoms with Gasteiger partial charge >= 0.3 is 0 Å². The van der Waals surface area contributed by atoms with E-state index in [1.165, 1.54) is 5.01 Å². The van der Waals surface area contributed by atoms with Crippen LogP contribution in [0.15, 0.2) is 89.5 Å². The van der Waals surface area contributed by atoms with Crippen LogP contribution < -0.4 is 9.75 Å². The molecule has 1 aliphatic heterocycles. The minimum atomic E-state index is -0.115. The second-order valence-electron chi connectivity index (χ2n) is 7.04. The standard InChI is InChI=1S/C25H22N2O2/c1-18-8-12-22(13-9-18)27-25(28)24(19(2)26-27)16-20-10-14-23(15-11-20)29-17-21-6-4-3-5-7-21/h3-16H,17H2,1-2H3/b24-16-. The fraction of sp³-hybridized carbons (Fsp3) is 0.120. The van der Waals surface area contributed by atoms with Crippen molar-refractivity contribution in [2.24, 2.45) is 5.10 Å². The van der Waals surface area contributed by atoms with Crippen molar-refractivity contribution in [3.8, 4) is 5.75 Å². The number of hydrogen-bond donors (Lipinski definition) is 0. The summed E-state index contributed by atoms with van der Waals surface area (Å²) in [4.78, 5) is 12.9. The second kappa shape index (κ2) is 8.15. The topological polar surface area (TPSA) is 41.9 Å².